The maximum Gasteiger partial charge on any atom is 0.337 e. The Morgan fingerprint density at radius 2 is 1.90 bits per heavy atom. The van der Waals surface area contributed by atoms with Crippen LogP contribution >= 0.6 is 0 Å². The normalized spacial score (nSPS) is 23.7. The average Bonchev–Trinajstić information content (AvgIpc) is 2.43. The maximum absolute atomic E-state index is 11.4. The molecule has 1 aliphatic heterocycles. The quantitative estimate of drug-likeness (QED) is 0.915. The van der Waals surface area contributed by atoms with Crippen molar-refractivity contribution in [2.75, 3.05) is 32.1 Å². The van der Waals surface area contributed by atoms with E-state index in [9.17, 15) is 9.90 Å². The van der Waals surface area contributed by atoms with Gasteiger partial charge in [0.2, 0.25) is 0 Å². The summed E-state index contributed by atoms with van der Waals surface area (Å²) < 4.78 is 5.23. The Morgan fingerprint density at radius 3 is 2.40 bits per heavy atom. The molecule has 5 nitrogen and oxygen atoms in total. The van der Waals surface area contributed by atoms with Gasteiger partial charge in [-0.15, -0.1) is 0 Å². The number of carboxylic acid groups (broad SMARTS) is 1. The first-order chi connectivity index (χ1) is 9.43. The summed E-state index contributed by atoms with van der Waals surface area (Å²) in [6, 6.07) is 5.88. The van der Waals surface area contributed by atoms with Gasteiger partial charge in [-0.05, 0) is 33.0 Å². The van der Waals surface area contributed by atoms with Crippen molar-refractivity contribution < 1.29 is 14.6 Å². The summed E-state index contributed by atoms with van der Waals surface area (Å²) in [5.41, 5.74) is 1.07. The first kappa shape index (κ1) is 14.7. The molecule has 0 saturated carbocycles. The van der Waals surface area contributed by atoms with Crippen molar-refractivity contribution in [3.8, 4) is 5.75 Å². The summed E-state index contributed by atoms with van der Waals surface area (Å²) in [5.74, 6) is -0.217. The van der Waals surface area contributed by atoms with E-state index < -0.39 is 5.97 Å². The number of piperazine rings is 1. The Morgan fingerprint density at radius 1 is 1.30 bits per heavy atom. The molecular formula is C15H22N2O3. The monoisotopic (exact) mass is 278 g/mol. The Bertz CT molecular complexity index is 492. The molecule has 0 aliphatic carbocycles. The molecular weight excluding hydrogens is 256 g/mol. The molecule has 2 rings (SSSR count). The Hall–Kier alpha value is -1.75. The Labute approximate surface area is 119 Å². The minimum Gasteiger partial charge on any atom is -0.497 e. The minimum atomic E-state index is -0.901. The van der Waals surface area contributed by atoms with Gasteiger partial charge in [0.05, 0.1) is 18.4 Å². The molecule has 20 heavy (non-hydrogen) atoms. The molecule has 1 aromatic rings. The van der Waals surface area contributed by atoms with Crippen LogP contribution in [-0.4, -0.2) is 55.3 Å². The predicted octanol–water partition coefficient (Wildman–Crippen LogP) is 1.92. The number of aromatic carboxylic acids is 1. The van der Waals surface area contributed by atoms with E-state index in [0.717, 1.165) is 18.8 Å². The number of benzene rings is 1. The number of hydrogen-bond donors (Lipinski definition) is 1. The van der Waals surface area contributed by atoms with E-state index in [4.69, 9.17) is 4.74 Å². The van der Waals surface area contributed by atoms with E-state index >= 15 is 0 Å². The van der Waals surface area contributed by atoms with Crippen LogP contribution in [-0.2, 0) is 0 Å². The van der Waals surface area contributed by atoms with Crippen LogP contribution in [0.15, 0.2) is 18.2 Å². The zero-order chi connectivity index (χ0) is 14.9. The van der Waals surface area contributed by atoms with Gasteiger partial charge in [0.25, 0.3) is 0 Å². The van der Waals surface area contributed by atoms with E-state index in [1.165, 1.54) is 0 Å². The zero-order valence-corrected chi connectivity index (χ0v) is 12.5. The third kappa shape index (κ3) is 2.72. The molecule has 0 amide bonds. The van der Waals surface area contributed by atoms with Crippen LogP contribution in [0.2, 0.25) is 0 Å². The Kier molecular flexibility index (Phi) is 4.18. The number of nitrogens with zero attached hydrogens (tertiary/aromatic N) is 2. The number of carbonyl (C=O) groups is 1. The SMILES string of the molecule is COc1ccc(C(=O)O)c(N2CC(C)N(C)C(C)C2)c1. The molecule has 1 N–H and O–H groups in total. The van der Waals surface area contributed by atoms with Gasteiger partial charge in [0, 0.05) is 31.2 Å². The molecule has 0 aromatic heterocycles. The predicted molar refractivity (Wildman–Crippen MR) is 78.9 cm³/mol. The fraction of sp³-hybridized carbons (Fsp3) is 0.533. The average molecular weight is 278 g/mol. The van der Waals surface area contributed by atoms with Crippen molar-refractivity contribution in [1.82, 2.24) is 4.90 Å². The first-order valence-electron chi connectivity index (χ1n) is 6.82. The fourth-order valence-corrected chi connectivity index (χ4v) is 2.68. The fourth-order valence-electron chi connectivity index (χ4n) is 2.68. The van der Waals surface area contributed by atoms with Crippen LogP contribution in [0.1, 0.15) is 24.2 Å². The Balaban J connectivity index is 2.37. The maximum atomic E-state index is 11.4. The number of anilines is 1. The van der Waals surface area contributed by atoms with Gasteiger partial charge in [0.1, 0.15) is 5.75 Å². The molecule has 1 saturated heterocycles. The van der Waals surface area contributed by atoms with Gasteiger partial charge in [0.15, 0.2) is 0 Å². The highest BCUT2D eigenvalue weighted by Crippen LogP contribution is 2.29. The molecule has 2 unspecified atom stereocenters. The number of carboxylic acids is 1. The molecule has 2 atom stereocenters. The van der Waals surface area contributed by atoms with E-state index in [1.807, 2.05) is 6.07 Å². The highest BCUT2D eigenvalue weighted by atomic mass is 16.5. The van der Waals surface area contributed by atoms with Crippen LogP contribution < -0.4 is 9.64 Å². The van der Waals surface area contributed by atoms with Gasteiger partial charge in [-0.25, -0.2) is 4.79 Å². The lowest BCUT2D eigenvalue weighted by Crippen LogP contribution is -2.55. The van der Waals surface area contributed by atoms with Crippen LogP contribution in [0.25, 0.3) is 0 Å². The van der Waals surface area contributed by atoms with Gasteiger partial charge >= 0.3 is 5.97 Å². The third-order valence-electron chi connectivity index (χ3n) is 4.14. The first-order valence-corrected chi connectivity index (χ1v) is 6.82. The van der Waals surface area contributed by atoms with Gasteiger partial charge in [-0.3, -0.25) is 4.90 Å². The lowest BCUT2D eigenvalue weighted by atomic mass is 10.1. The number of methoxy groups -OCH3 is 1. The highest BCUT2D eigenvalue weighted by molar-refractivity contribution is 5.95. The van der Waals surface area contributed by atoms with E-state index in [0.29, 0.717) is 23.4 Å². The molecule has 1 aliphatic rings. The largest absolute Gasteiger partial charge is 0.497 e. The molecule has 1 fully saturated rings. The van der Waals surface area contributed by atoms with Crippen molar-refractivity contribution in [3.63, 3.8) is 0 Å². The number of likely N-dealkylation sites (N-methyl/N-ethyl adjacent to an activating group) is 1. The topological polar surface area (TPSA) is 53.0 Å². The van der Waals surface area contributed by atoms with Crippen molar-refractivity contribution in [1.29, 1.82) is 0 Å². The molecule has 110 valence electrons. The van der Waals surface area contributed by atoms with Crippen LogP contribution in [0.4, 0.5) is 5.69 Å². The number of hydrogen-bond acceptors (Lipinski definition) is 4. The smallest absolute Gasteiger partial charge is 0.337 e. The number of rotatable bonds is 3. The third-order valence-corrected chi connectivity index (χ3v) is 4.14. The summed E-state index contributed by atoms with van der Waals surface area (Å²) in [6.07, 6.45) is 0. The second-order valence-corrected chi connectivity index (χ2v) is 5.46. The zero-order valence-electron chi connectivity index (χ0n) is 12.5. The van der Waals surface area contributed by atoms with Crippen LogP contribution in [0.3, 0.4) is 0 Å². The van der Waals surface area contributed by atoms with E-state index in [-0.39, 0.29) is 0 Å². The van der Waals surface area contributed by atoms with Crippen molar-refractivity contribution in [3.05, 3.63) is 23.8 Å². The van der Waals surface area contributed by atoms with E-state index in [2.05, 4.69) is 30.7 Å². The molecule has 5 heteroatoms. The molecule has 1 heterocycles. The van der Waals surface area contributed by atoms with Crippen molar-refractivity contribution in [2.24, 2.45) is 0 Å². The van der Waals surface area contributed by atoms with E-state index in [1.54, 1.807) is 19.2 Å². The lowest BCUT2D eigenvalue weighted by Gasteiger charge is -2.43. The number of ether oxygens (including phenoxy) is 1. The van der Waals surface area contributed by atoms with Gasteiger partial charge < -0.3 is 14.7 Å². The summed E-state index contributed by atoms with van der Waals surface area (Å²) in [7, 11) is 3.70. The molecule has 0 bridgehead atoms. The summed E-state index contributed by atoms with van der Waals surface area (Å²) in [6.45, 7) is 5.94. The molecule has 1 aromatic carbocycles. The second kappa shape index (κ2) is 5.71. The summed E-state index contributed by atoms with van der Waals surface area (Å²) in [5, 5.41) is 9.37. The summed E-state index contributed by atoms with van der Waals surface area (Å²) in [4.78, 5) is 15.9. The molecule has 0 radical (unpaired) electrons. The summed E-state index contributed by atoms with van der Waals surface area (Å²) >= 11 is 0. The lowest BCUT2D eigenvalue weighted by molar-refractivity contribution is 0.0697. The molecule has 0 spiro atoms. The minimum absolute atomic E-state index is 0.328. The van der Waals surface area contributed by atoms with Crippen LogP contribution in [0, 0.1) is 0 Å². The van der Waals surface area contributed by atoms with Gasteiger partial charge in [-0.2, -0.15) is 0 Å². The standard InChI is InChI=1S/C15H22N2O3/c1-10-8-17(9-11(2)16(10)3)14-7-12(20-4)5-6-13(14)15(18)19/h5-7,10-11H,8-9H2,1-4H3,(H,18,19). The highest BCUT2D eigenvalue weighted by Gasteiger charge is 2.28. The van der Waals surface area contributed by atoms with Crippen molar-refractivity contribution in [2.45, 2.75) is 25.9 Å². The van der Waals surface area contributed by atoms with Gasteiger partial charge in [-0.1, -0.05) is 0 Å². The van der Waals surface area contributed by atoms with Crippen molar-refractivity contribution >= 4 is 11.7 Å². The van der Waals surface area contributed by atoms with Crippen LogP contribution in [0.5, 0.6) is 5.75 Å². The second-order valence-electron chi connectivity index (χ2n) is 5.46.